The van der Waals surface area contributed by atoms with Crippen molar-refractivity contribution in [3.8, 4) is 0 Å². The van der Waals surface area contributed by atoms with Crippen LogP contribution in [0.1, 0.15) is 29.0 Å². The molecule has 7 nitrogen and oxygen atoms in total. The molecule has 0 fully saturated rings. The second-order valence-corrected chi connectivity index (χ2v) is 7.70. The van der Waals surface area contributed by atoms with E-state index in [1.54, 1.807) is 18.3 Å². The van der Waals surface area contributed by atoms with Gasteiger partial charge in [0, 0.05) is 19.3 Å². The van der Waals surface area contributed by atoms with Crippen LogP contribution in [0.2, 0.25) is 0 Å². The molecule has 0 bridgehead atoms. The second-order valence-electron chi connectivity index (χ2n) is 7.70. The highest BCUT2D eigenvalue weighted by atomic mass is 19.1. The monoisotopic (exact) mass is 450 g/mol. The molecule has 172 valence electrons. The van der Waals surface area contributed by atoms with E-state index >= 15 is 0 Å². The molecular formula is C25H27FN4O3. The number of pyridine rings is 1. The Balaban J connectivity index is 1.60. The molecule has 5 N–H and O–H groups in total. The van der Waals surface area contributed by atoms with Crippen LogP contribution in [-0.4, -0.2) is 34.6 Å². The number of hydrogen-bond acceptors (Lipinski definition) is 5. The van der Waals surface area contributed by atoms with Crippen molar-refractivity contribution in [3.05, 3.63) is 95.4 Å². The maximum atomic E-state index is 13.4. The number of nitrogens with two attached hydrogens (primary N) is 1. The highest BCUT2D eigenvalue weighted by molar-refractivity contribution is 5.86. The summed E-state index contributed by atoms with van der Waals surface area (Å²) in [6, 6.07) is 18.5. The zero-order valence-electron chi connectivity index (χ0n) is 18.1. The van der Waals surface area contributed by atoms with Gasteiger partial charge >= 0.3 is 0 Å². The van der Waals surface area contributed by atoms with E-state index in [1.807, 2.05) is 30.3 Å². The van der Waals surface area contributed by atoms with Crippen molar-refractivity contribution >= 4 is 17.6 Å². The minimum absolute atomic E-state index is 0.0430. The average molecular weight is 451 g/mol. The van der Waals surface area contributed by atoms with E-state index in [2.05, 4.69) is 15.6 Å². The Bertz CT molecular complexity index is 1040. The lowest BCUT2D eigenvalue weighted by Crippen LogP contribution is -2.41. The van der Waals surface area contributed by atoms with Gasteiger partial charge in [-0.15, -0.1) is 0 Å². The summed E-state index contributed by atoms with van der Waals surface area (Å²) in [5.74, 6) is -1.72. The Labute approximate surface area is 191 Å². The number of rotatable bonds is 10. The molecule has 0 aliphatic heterocycles. The number of amides is 2. The third-order valence-electron chi connectivity index (χ3n) is 5.24. The van der Waals surface area contributed by atoms with Gasteiger partial charge in [0.1, 0.15) is 17.7 Å². The summed E-state index contributed by atoms with van der Waals surface area (Å²) in [7, 11) is 0. The number of aliphatic hydroxyl groups excluding tert-OH is 1. The summed E-state index contributed by atoms with van der Waals surface area (Å²) in [6.45, 7) is 0.177. The van der Waals surface area contributed by atoms with Crippen molar-refractivity contribution in [1.29, 1.82) is 0 Å². The van der Waals surface area contributed by atoms with Crippen LogP contribution in [0, 0.1) is 5.82 Å². The fourth-order valence-electron chi connectivity index (χ4n) is 3.31. The van der Waals surface area contributed by atoms with Crippen LogP contribution >= 0.6 is 0 Å². The van der Waals surface area contributed by atoms with Crippen LogP contribution in [0.3, 0.4) is 0 Å². The quantitative estimate of drug-likeness (QED) is 0.378. The predicted octanol–water partition coefficient (Wildman–Crippen LogP) is 2.31. The molecule has 33 heavy (non-hydrogen) atoms. The number of aromatic nitrogens is 1. The van der Waals surface area contributed by atoms with Gasteiger partial charge in [0.05, 0.1) is 5.92 Å². The topological polar surface area (TPSA) is 117 Å². The number of aryl methyl sites for hydroxylation is 1. The van der Waals surface area contributed by atoms with Gasteiger partial charge < -0.3 is 21.5 Å². The molecule has 3 aromatic rings. The number of hydrogen-bond donors (Lipinski definition) is 4. The van der Waals surface area contributed by atoms with E-state index in [4.69, 9.17) is 5.73 Å². The molecule has 0 unspecified atom stereocenters. The predicted molar refractivity (Wildman–Crippen MR) is 123 cm³/mol. The van der Waals surface area contributed by atoms with E-state index in [0.717, 1.165) is 11.1 Å². The Hall–Kier alpha value is -3.78. The lowest BCUT2D eigenvalue weighted by Gasteiger charge is -2.19. The summed E-state index contributed by atoms with van der Waals surface area (Å²) in [4.78, 5) is 29.3. The van der Waals surface area contributed by atoms with Crippen molar-refractivity contribution in [2.75, 3.05) is 12.3 Å². The summed E-state index contributed by atoms with van der Waals surface area (Å²) >= 11 is 0. The van der Waals surface area contributed by atoms with Gasteiger partial charge in [0.2, 0.25) is 11.8 Å². The second kappa shape index (κ2) is 11.7. The van der Waals surface area contributed by atoms with Crippen LogP contribution < -0.4 is 16.4 Å². The van der Waals surface area contributed by atoms with Gasteiger partial charge in [-0.1, -0.05) is 48.5 Å². The van der Waals surface area contributed by atoms with Crippen LogP contribution in [0.25, 0.3) is 0 Å². The van der Waals surface area contributed by atoms with Gasteiger partial charge in [0.15, 0.2) is 0 Å². The fourth-order valence-corrected chi connectivity index (χ4v) is 3.31. The normalized spacial score (nSPS) is 12.5. The Kier molecular flexibility index (Phi) is 8.49. The molecule has 0 saturated heterocycles. The SMILES string of the molecule is Nc1ccc(CNC(=O)[C@@H](CNC(=O)[C@H](O)CCc2ccccc2)c2ccc(F)cc2)cn1. The average Bonchev–Trinajstić information content (AvgIpc) is 2.83. The molecule has 1 aromatic heterocycles. The molecule has 8 heteroatoms. The van der Waals surface area contributed by atoms with E-state index in [0.29, 0.717) is 17.8 Å². The summed E-state index contributed by atoms with van der Waals surface area (Å²) in [5.41, 5.74) is 7.90. The van der Waals surface area contributed by atoms with Crippen LogP contribution in [0.4, 0.5) is 10.2 Å². The van der Waals surface area contributed by atoms with E-state index in [-0.39, 0.29) is 25.4 Å². The zero-order chi connectivity index (χ0) is 23.6. The molecule has 1 heterocycles. The summed E-state index contributed by atoms with van der Waals surface area (Å²) in [6.07, 6.45) is 1.16. The number of benzene rings is 2. The number of nitrogens with one attached hydrogen (secondary N) is 2. The highest BCUT2D eigenvalue weighted by Crippen LogP contribution is 2.17. The van der Waals surface area contributed by atoms with E-state index in [9.17, 15) is 19.1 Å². The van der Waals surface area contributed by atoms with Crippen LogP contribution in [-0.2, 0) is 22.6 Å². The minimum Gasteiger partial charge on any atom is -0.384 e. The number of anilines is 1. The number of carbonyl (C=O) groups is 2. The Morgan fingerprint density at radius 3 is 2.33 bits per heavy atom. The molecule has 2 aromatic carbocycles. The Morgan fingerprint density at radius 2 is 1.67 bits per heavy atom. The third kappa shape index (κ3) is 7.40. The molecule has 2 amide bonds. The van der Waals surface area contributed by atoms with Crippen LogP contribution in [0.5, 0.6) is 0 Å². The fraction of sp³-hybridized carbons (Fsp3) is 0.240. The summed E-state index contributed by atoms with van der Waals surface area (Å²) in [5, 5.41) is 15.7. The van der Waals surface area contributed by atoms with Crippen molar-refractivity contribution in [2.24, 2.45) is 0 Å². The first-order chi connectivity index (χ1) is 15.9. The first-order valence-electron chi connectivity index (χ1n) is 10.7. The molecular weight excluding hydrogens is 423 g/mol. The van der Waals surface area contributed by atoms with Gasteiger partial charge in [0.25, 0.3) is 0 Å². The van der Waals surface area contributed by atoms with Gasteiger partial charge in [-0.05, 0) is 47.7 Å². The number of nitrogen functional groups attached to an aromatic ring is 1. The summed E-state index contributed by atoms with van der Waals surface area (Å²) < 4.78 is 13.4. The number of halogens is 1. The van der Waals surface area contributed by atoms with E-state index in [1.165, 1.54) is 24.3 Å². The lowest BCUT2D eigenvalue weighted by molar-refractivity contribution is -0.130. The van der Waals surface area contributed by atoms with Gasteiger partial charge in [-0.2, -0.15) is 0 Å². The molecule has 0 aliphatic carbocycles. The number of carbonyl (C=O) groups excluding carboxylic acids is 2. The first kappa shape index (κ1) is 23.9. The van der Waals surface area contributed by atoms with Gasteiger partial charge in [-0.25, -0.2) is 9.37 Å². The largest absolute Gasteiger partial charge is 0.384 e. The highest BCUT2D eigenvalue weighted by Gasteiger charge is 2.23. The van der Waals surface area contributed by atoms with Crippen molar-refractivity contribution in [3.63, 3.8) is 0 Å². The van der Waals surface area contributed by atoms with E-state index < -0.39 is 23.7 Å². The maximum absolute atomic E-state index is 13.4. The van der Waals surface area contributed by atoms with Crippen molar-refractivity contribution in [2.45, 2.75) is 31.4 Å². The molecule has 3 rings (SSSR count). The maximum Gasteiger partial charge on any atom is 0.248 e. The van der Waals surface area contributed by atoms with Crippen LogP contribution in [0.15, 0.2) is 72.9 Å². The van der Waals surface area contributed by atoms with Gasteiger partial charge in [-0.3, -0.25) is 9.59 Å². The smallest absolute Gasteiger partial charge is 0.248 e. The molecule has 0 saturated carbocycles. The standard InChI is InChI=1S/C25H27FN4O3/c26-20-10-8-19(9-11-20)21(24(32)29-15-18-7-13-23(27)28-14-18)16-30-25(33)22(31)12-6-17-4-2-1-3-5-17/h1-5,7-11,13-14,21-22,31H,6,12,15-16H2,(H2,27,28)(H,29,32)(H,30,33)/t21-,22+/m0/s1. The zero-order valence-corrected chi connectivity index (χ0v) is 18.1. The number of aliphatic hydroxyl groups is 1. The molecule has 0 radical (unpaired) electrons. The lowest BCUT2D eigenvalue weighted by atomic mass is 9.97. The molecule has 0 spiro atoms. The van der Waals surface area contributed by atoms with Crippen molar-refractivity contribution < 1.29 is 19.1 Å². The first-order valence-corrected chi connectivity index (χ1v) is 10.7. The molecule has 0 aliphatic rings. The Morgan fingerprint density at radius 1 is 0.939 bits per heavy atom. The minimum atomic E-state index is -1.21. The molecule has 2 atom stereocenters. The third-order valence-corrected chi connectivity index (χ3v) is 5.24. The number of nitrogens with zero attached hydrogens (tertiary/aromatic N) is 1. The van der Waals surface area contributed by atoms with Crippen molar-refractivity contribution in [1.82, 2.24) is 15.6 Å².